The number of methoxy groups -OCH3 is 1. The van der Waals surface area contributed by atoms with Gasteiger partial charge in [0.25, 0.3) is 5.56 Å². The van der Waals surface area contributed by atoms with Gasteiger partial charge in [0.15, 0.2) is 0 Å². The molecule has 12 heteroatoms. The highest BCUT2D eigenvalue weighted by Gasteiger charge is 2.32. The first-order chi connectivity index (χ1) is 25.6. The summed E-state index contributed by atoms with van der Waals surface area (Å²) in [6.45, 7) is 3.76. The third kappa shape index (κ3) is 7.82. The highest BCUT2D eigenvalue weighted by molar-refractivity contribution is 6.32. The topological polar surface area (TPSA) is 117 Å². The Balaban J connectivity index is 0.912. The second kappa shape index (κ2) is 15.7. The van der Waals surface area contributed by atoms with Crippen LogP contribution in [0.4, 0.5) is 4.79 Å². The van der Waals surface area contributed by atoms with E-state index in [4.69, 9.17) is 16.3 Å². The number of nitrogens with zero attached hydrogens (tertiary/aromatic N) is 5. The number of aryl methyl sites for hydroxylation is 1. The van der Waals surface area contributed by atoms with E-state index in [-0.39, 0.29) is 35.4 Å². The van der Waals surface area contributed by atoms with Gasteiger partial charge in [-0.15, -0.1) is 0 Å². The van der Waals surface area contributed by atoms with E-state index < -0.39 is 0 Å². The summed E-state index contributed by atoms with van der Waals surface area (Å²) in [4.78, 5) is 60.4. The number of ether oxygens (including phenoxy) is 1. The highest BCUT2D eigenvalue weighted by Crippen LogP contribution is 2.37. The van der Waals surface area contributed by atoms with Crippen molar-refractivity contribution in [3.8, 4) is 16.9 Å². The van der Waals surface area contributed by atoms with Crippen LogP contribution in [0.3, 0.4) is 0 Å². The molecular weight excluding hydrogens is 692 g/mol. The van der Waals surface area contributed by atoms with Gasteiger partial charge in [0.2, 0.25) is 11.8 Å². The highest BCUT2D eigenvalue weighted by atomic mass is 35.5. The SMILES string of the molecule is COc1cc(-c2cn(C)c(=O)c3cnccc23)cc(Cl)c1CN1CCC(N(C)C(=O)N2CCC(c3ccc(CC4CCC(=O)NC4=O)cc3)CC2)CC1. The van der Waals surface area contributed by atoms with Gasteiger partial charge in [-0.05, 0) is 84.7 Å². The van der Waals surface area contributed by atoms with Gasteiger partial charge in [-0.1, -0.05) is 35.9 Å². The summed E-state index contributed by atoms with van der Waals surface area (Å²) in [6, 6.07) is 14.6. The van der Waals surface area contributed by atoms with Crippen molar-refractivity contribution in [1.82, 2.24) is 29.6 Å². The molecule has 278 valence electrons. The second-order valence-electron chi connectivity index (χ2n) is 14.8. The van der Waals surface area contributed by atoms with Crippen LogP contribution in [0.5, 0.6) is 5.75 Å². The molecule has 4 aromatic rings. The third-order valence-corrected chi connectivity index (χ3v) is 11.8. The van der Waals surface area contributed by atoms with Gasteiger partial charge in [-0.3, -0.25) is 29.6 Å². The summed E-state index contributed by atoms with van der Waals surface area (Å²) in [5.74, 6) is 0.589. The summed E-state index contributed by atoms with van der Waals surface area (Å²) in [6.07, 6.45) is 10.3. The second-order valence-corrected chi connectivity index (χ2v) is 15.2. The van der Waals surface area contributed by atoms with Gasteiger partial charge in [-0.2, -0.15) is 0 Å². The van der Waals surface area contributed by atoms with Gasteiger partial charge >= 0.3 is 6.03 Å². The number of imide groups is 1. The number of hydrogen-bond donors (Lipinski definition) is 1. The van der Waals surface area contributed by atoms with Crippen molar-refractivity contribution in [3.05, 3.63) is 93.1 Å². The molecule has 0 radical (unpaired) electrons. The Morgan fingerprint density at radius 1 is 0.981 bits per heavy atom. The minimum Gasteiger partial charge on any atom is -0.496 e. The van der Waals surface area contributed by atoms with Crippen LogP contribution in [0.1, 0.15) is 61.1 Å². The third-order valence-electron chi connectivity index (χ3n) is 11.5. The monoisotopic (exact) mass is 738 g/mol. The predicted octanol–water partition coefficient (Wildman–Crippen LogP) is 5.75. The number of piperidine rings is 3. The van der Waals surface area contributed by atoms with Crippen molar-refractivity contribution >= 4 is 40.2 Å². The Labute approximate surface area is 314 Å². The molecule has 3 aliphatic heterocycles. The molecule has 0 saturated carbocycles. The van der Waals surface area contributed by atoms with E-state index in [2.05, 4.69) is 39.5 Å². The van der Waals surface area contributed by atoms with Crippen LogP contribution < -0.4 is 15.6 Å². The van der Waals surface area contributed by atoms with Crippen LogP contribution in [0.25, 0.3) is 21.9 Å². The number of hydrogen-bond acceptors (Lipinski definition) is 7. The fourth-order valence-corrected chi connectivity index (χ4v) is 8.53. The van der Waals surface area contributed by atoms with Crippen molar-refractivity contribution in [2.75, 3.05) is 40.3 Å². The minimum atomic E-state index is -0.182. The fourth-order valence-electron chi connectivity index (χ4n) is 8.26. The molecule has 1 unspecified atom stereocenters. The zero-order chi connectivity index (χ0) is 37.2. The number of carbonyl (C=O) groups excluding carboxylic acids is 3. The summed E-state index contributed by atoms with van der Waals surface area (Å²) in [5.41, 5.74) is 4.94. The number of carbonyl (C=O) groups is 3. The molecule has 2 aromatic heterocycles. The quantitative estimate of drug-likeness (QED) is 0.229. The van der Waals surface area contributed by atoms with Gasteiger partial charge in [-0.25, -0.2) is 4.79 Å². The molecule has 0 spiro atoms. The largest absolute Gasteiger partial charge is 0.496 e. The number of nitrogens with one attached hydrogen (secondary N) is 1. The zero-order valence-corrected chi connectivity index (χ0v) is 31.4. The molecule has 3 saturated heterocycles. The van der Waals surface area contributed by atoms with Crippen LogP contribution in [-0.4, -0.2) is 88.5 Å². The molecule has 7 rings (SSSR count). The molecule has 1 N–H and O–H groups in total. The minimum absolute atomic E-state index is 0.100. The first-order valence-corrected chi connectivity index (χ1v) is 18.9. The number of rotatable bonds is 8. The van der Waals surface area contributed by atoms with Crippen molar-refractivity contribution in [3.63, 3.8) is 0 Å². The van der Waals surface area contributed by atoms with E-state index in [1.54, 1.807) is 31.1 Å². The normalized spacial score (nSPS) is 19.0. The van der Waals surface area contributed by atoms with Crippen LogP contribution in [0, 0.1) is 5.92 Å². The Morgan fingerprint density at radius 3 is 2.42 bits per heavy atom. The lowest BCUT2D eigenvalue weighted by molar-refractivity contribution is -0.136. The van der Waals surface area contributed by atoms with E-state index in [0.29, 0.717) is 47.9 Å². The van der Waals surface area contributed by atoms with Crippen LogP contribution >= 0.6 is 11.6 Å². The Kier molecular flexibility index (Phi) is 10.8. The molecule has 2 aromatic carbocycles. The maximum absolute atomic E-state index is 13.6. The van der Waals surface area contributed by atoms with Gasteiger partial charge in [0.05, 0.1) is 12.5 Å². The number of amides is 4. The first-order valence-electron chi connectivity index (χ1n) is 18.6. The molecule has 4 amide bonds. The van der Waals surface area contributed by atoms with E-state index in [9.17, 15) is 19.2 Å². The molecule has 3 aliphatic rings. The summed E-state index contributed by atoms with van der Waals surface area (Å²) in [7, 11) is 5.33. The van der Waals surface area contributed by atoms with Crippen molar-refractivity contribution < 1.29 is 19.1 Å². The molecule has 5 heterocycles. The van der Waals surface area contributed by atoms with Crippen molar-refractivity contribution in [1.29, 1.82) is 0 Å². The Hall–Kier alpha value is -4.74. The number of pyridine rings is 2. The molecular formula is C41H47ClN6O5. The van der Waals surface area contributed by atoms with Crippen LogP contribution in [0.2, 0.25) is 5.02 Å². The summed E-state index contributed by atoms with van der Waals surface area (Å²) < 4.78 is 7.42. The smallest absolute Gasteiger partial charge is 0.319 e. The average molecular weight is 739 g/mol. The van der Waals surface area contributed by atoms with Gasteiger partial charge < -0.3 is 19.1 Å². The molecule has 3 fully saturated rings. The van der Waals surface area contributed by atoms with E-state index >= 15 is 0 Å². The average Bonchev–Trinajstić information content (AvgIpc) is 3.18. The van der Waals surface area contributed by atoms with Crippen LogP contribution in [-0.2, 0) is 29.6 Å². The van der Waals surface area contributed by atoms with Gasteiger partial charge in [0, 0.05) is 99.9 Å². The molecule has 1 atom stereocenters. The molecule has 0 aliphatic carbocycles. The predicted molar refractivity (Wildman–Crippen MR) is 205 cm³/mol. The number of urea groups is 1. The zero-order valence-electron chi connectivity index (χ0n) is 30.6. The summed E-state index contributed by atoms with van der Waals surface area (Å²) >= 11 is 6.94. The van der Waals surface area contributed by atoms with Crippen molar-refractivity contribution in [2.24, 2.45) is 13.0 Å². The molecule has 53 heavy (non-hydrogen) atoms. The van der Waals surface area contributed by atoms with Crippen molar-refractivity contribution in [2.45, 2.75) is 63.5 Å². The molecule has 0 bridgehead atoms. The number of halogens is 1. The Bertz CT molecular complexity index is 2070. The van der Waals surface area contributed by atoms with E-state index in [1.807, 2.05) is 41.2 Å². The number of fused-ring (bicyclic) bond motifs is 1. The number of benzene rings is 2. The van der Waals surface area contributed by atoms with E-state index in [0.717, 1.165) is 79.5 Å². The lowest BCUT2D eigenvalue weighted by atomic mass is 9.87. The fraction of sp³-hybridized carbons (Fsp3) is 0.439. The Morgan fingerprint density at radius 2 is 1.72 bits per heavy atom. The van der Waals surface area contributed by atoms with Gasteiger partial charge in [0.1, 0.15) is 5.75 Å². The van der Waals surface area contributed by atoms with E-state index in [1.165, 1.54) is 5.56 Å². The maximum atomic E-state index is 13.6. The lowest BCUT2D eigenvalue weighted by Crippen LogP contribution is -2.51. The first kappa shape index (κ1) is 36.6. The summed E-state index contributed by atoms with van der Waals surface area (Å²) in [5, 5.41) is 4.42. The standard InChI is InChI=1S/C41H47ClN6O5/c1-45-24-34(32-10-15-43-23-33(32)40(45)51)30-21-36(42)35(37(22-30)53-3)25-47-16-13-31(14-17-47)46(2)41(52)48-18-11-28(12-19-48)27-6-4-26(5-7-27)20-29-8-9-38(49)44-39(29)50/h4-7,10,15,21-24,28-29,31H,8-9,11-14,16-20,25H2,1-3H3,(H,44,49,50). The molecule has 11 nitrogen and oxygen atoms in total. The number of likely N-dealkylation sites (tertiary alicyclic amines) is 2. The van der Waals surface area contributed by atoms with Crippen LogP contribution in [0.15, 0.2) is 65.8 Å². The number of aromatic nitrogens is 2. The lowest BCUT2D eigenvalue weighted by Gasteiger charge is -2.40. The maximum Gasteiger partial charge on any atom is 0.319 e.